The maximum absolute atomic E-state index is 12.6. The first-order chi connectivity index (χ1) is 17.4. The molecule has 0 saturated carbocycles. The van der Waals surface area contributed by atoms with Crippen LogP contribution in [0, 0.1) is 0 Å². The molecule has 3 aromatic rings. The highest BCUT2D eigenvalue weighted by atomic mass is 35.5. The molecule has 36 heavy (non-hydrogen) atoms. The van der Waals surface area contributed by atoms with E-state index in [2.05, 4.69) is 15.5 Å². The highest BCUT2D eigenvalue weighted by molar-refractivity contribution is 7.80. The van der Waals surface area contributed by atoms with Gasteiger partial charge in [-0.2, -0.15) is 0 Å². The summed E-state index contributed by atoms with van der Waals surface area (Å²) >= 11 is 17.6. The van der Waals surface area contributed by atoms with E-state index < -0.39 is 5.91 Å². The van der Waals surface area contributed by atoms with Crippen LogP contribution in [0.15, 0.2) is 59.0 Å². The highest BCUT2D eigenvalue weighted by Crippen LogP contribution is 2.34. The number of carbonyl (C=O) groups is 2. The summed E-state index contributed by atoms with van der Waals surface area (Å²) in [5.41, 5.74) is 2.41. The van der Waals surface area contributed by atoms with Crippen molar-refractivity contribution in [2.75, 3.05) is 36.4 Å². The molecule has 1 aromatic heterocycles. The standard InChI is InChI=1S/C26H26Cl2N4O3S/c1-2-4-23(33)32-15-13-31(14-16-32)18-9-7-17(8-10-18)29-26(36)30-25(34)22-12-11-21(35-22)19-5-3-6-20(27)24(19)28/h3,5-12H,2,4,13-16H2,1H3,(H2,29,30,34,36). The predicted octanol–water partition coefficient (Wildman–Crippen LogP) is 5.83. The van der Waals surface area contributed by atoms with Gasteiger partial charge < -0.3 is 19.5 Å². The number of rotatable bonds is 6. The van der Waals surface area contributed by atoms with Crippen LogP contribution < -0.4 is 15.5 Å². The SMILES string of the molecule is CCCC(=O)N1CCN(c2ccc(NC(=S)NC(=O)c3ccc(-c4cccc(Cl)c4Cl)o3)cc2)CC1. The van der Waals surface area contributed by atoms with Crippen molar-refractivity contribution in [2.45, 2.75) is 19.8 Å². The van der Waals surface area contributed by atoms with Gasteiger partial charge in [0.1, 0.15) is 5.76 Å². The summed E-state index contributed by atoms with van der Waals surface area (Å²) in [6.45, 7) is 5.07. The lowest BCUT2D eigenvalue weighted by Gasteiger charge is -2.36. The Bertz CT molecular complexity index is 1250. The van der Waals surface area contributed by atoms with E-state index in [4.69, 9.17) is 39.8 Å². The van der Waals surface area contributed by atoms with E-state index in [9.17, 15) is 9.59 Å². The lowest BCUT2D eigenvalue weighted by molar-refractivity contribution is -0.131. The van der Waals surface area contributed by atoms with Gasteiger partial charge in [-0.3, -0.25) is 14.9 Å². The van der Waals surface area contributed by atoms with E-state index in [1.54, 1.807) is 30.3 Å². The van der Waals surface area contributed by atoms with Crippen LogP contribution in [-0.2, 0) is 4.79 Å². The van der Waals surface area contributed by atoms with Crippen molar-refractivity contribution in [3.63, 3.8) is 0 Å². The molecule has 0 atom stereocenters. The Kier molecular flexibility index (Phi) is 8.51. The topological polar surface area (TPSA) is 77.8 Å². The molecule has 2 N–H and O–H groups in total. The van der Waals surface area contributed by atoms with Crippen LogP contribution >= 0.6 is 35.4 Å². The normalized spacial score (nSPS) is 13.4. The number of piperazine rings is 1. The van der Waals surface area contributed by atoms with Gasteiger partial charge in [-0.25, -0.2) is 0 Å². The molecule has 0 bridgehead atoms. The lowest BCUT2D eigenvalue weighted by Crippen LogP contribution is -2.48. The second-order valence-electron chi connectivity index (χ2n) is 8.34. The van der Waals surface area contributed by atoms with Gasteiger partial charge >= 0.3 is 0 Å². The predicted molar refractivity (Wildman–Crippen MR) is 148 cm³/mol. The van der Waals surface area contributed by atoms with Crippen molar-refractivity contribution < 1.29 is 14.0 Å². The van der Waals surface area contributed by atoms with Gasteiger partial charge in [-0.05, 0) is 67.2 Å². The molecule has 10 heteroatoms. The maximum Gasteiger partial charge on any atom is 0.293 e. The molecular weight excluding hydrogens is 519 g/mol. The molecule has 188 valence electrons. The number of nitrogens with zero attached hydrogens (tertiary/aromatic N) is 2. The van der Waals surface area contributed by atoms with Crippen LogP contribution in [0.5, 0.6) is 0 Å². The first-order valence-corrected chi connectivity index (χ1v) is 12.8. The average molecular weight is 545 g/mol. The number of hydrogen-bond acceptors (Lipinski definition) is 5. The van der Waals surface area contributed by atoms with E-state index in [0.717, 1.165) is 44.0 Å². The van der Waals surface area contributed by atoms with Crippen LogP contribution in [0.4, 0.5) is 11.4 Å². The van der Waals surface area contributed by atoms with E-state index >= 15 is 0 Å². The molecule has 7 nitrogen and oxygen atoms in total. The Labute approximate surface area is 225 Å². The molecule has 0 aliphatic carbocycles. The maximum atomic E-state index is 12.6. The molecule has 1 aliphatic heterocycles. The minimum atomic E-state index is -0.482. The molecule has 1 fully saturated rings. The number of benzene rings is 2. The quantitative estimate of drug-likeness (QED) is 0.380. The minimum absolute atomic E-state index is 0.0945. The first kappa shape index (κ1) is 26.0. The number of hydrogen-bond donors (Lipinski definition) is 2. The van der Waals surface area contributed by atoms with Crippen LogP contribution in [0.2, 0.25) is 10.0 Å². The Balaban J connectivity index is 1.30. The molecular formula is C26H26Cl2N4O3S. The Morgan fingerprint density at radius 2 is 1.72 bits per heavy atom. The third-order valence-electron chi connectivity index (χ3n) is 5.86. The molecule has 2 amide bonds. The van der Waals surface area contributed by atoms with E-state index in [1.165, 1.54) is 0 Å². The van der Waals surface area contributed by atoms with Crippen LogP contribution in [0.1, 0.15) is 30.3 Å². The zero-order chi connectivity index (χ0) is 25.7. The van der Waals surface area contributed by atoms with Crippen molar-refractivity contribution in [1.29, 1.82) is 0 Å². The smallest absolute Gasteiger partial charge is 0.293 e. The number of anilines is 2. The van der Waals surface area contributed by atoms with Gasteiger partial charge in [-0.1, -0.05) is 36.2 Å². The third kappa shape index (κ3) is 6.19. The molecule has 1 saturated heterocycles. The summed E-state index contributed by atoms with van der Waals surface area (Å²) < 4.78 is 5.66. The van der Waals surface area contributed by atoms with Crippen molar-refractivity contribution >= 4 is 63.7 Å². The van der Waals surface area contributed by atoms with Gasteiger partial charge in [0, 0.05) is 49.5 Å². The number of carbonyl (C=O) groups excluding carboxylic acids is 2. The second-order valence-corrected chi connectivity index (χ2v) is 9.53. The Morgan fingerprint density at radius 1 is 1.00 bits per heavy atom. The average Bonchev–Trinajstić information content (AvgIpc) is 3.37. The summed E-state index contributed by atoms with van der Waals surface area (Å²) in [6.07, 6.45) is 1.48. The van der Waals surface area contributed by atoms with E-state index in [-0.39, 0.29) is 16.8 Å². The second kappa shape index (κ2) is 11.8. The van der Waals surface area contributed by atoms with Crippen LogP contribution in [0.25, 0.3) is 11.3 Å². The zero-order valence-electron chi connectivity index (χ0n) is 19.7. The number of thiocarbonyl (C=S) groups is 1. The summed E-state index contributed by atoms with van der Waals surface area (Å²) in [7, 11) is 0. The monoisotopic (exact) mass is 544 g/mol. The largest absolute Gasteiger partial charge is 0.451 e. The molecule has 1 aliphatic rings. The summed E-state index contributed by atoms with van der Waals surface area (Å²) in [6, 6.07) is 16.2. The van der Waals surface area contributed by atoms with Crippen LogP contribution in [0.3, 0.4) is 0 Å². The van der Waals surface area contributed by atoms with Gasteiger partial charge in [0.2, 0.25) is 5.91 Å². The zero-order valence-corrected chi connectivity index (χ0v) is 22.1. The molecule has 2 heterocycles. The number of furan rings is 1. The summed E-state index contributed by atoms with van der Waals surface area (Å²) in [5, 5.41) is 6.53. The lowest BCUT2D eigenvalue weighted by atomic mass is 10.2. The summed E-state index contributed by atoms with van der Waals surface area (Å²) in [5.74, 6) is 0.269. The fraction of sp³-hybridized carbons (Fsp3) is 0.269. The number of amides is 2. The van der Waals surface area contributed by atoms with Crippen molar-refractivity contribution in [3.8, 4) is 11.3 Å². The van der Waals surface area contributed by atoms with E-state index in [1.807, 2.05) is 36.1 Å². The molecule has 0 spiro atoms. The Hall–Kier alpha value is -3.07. The number of nitrogens with one attached hydrogen (secondary N) is 2. The molecule has 0 radical (unpaired) electrons. The fourth-order valence-corrected chi connectivity index (χ4v) is 4.57. The third-order valence-corrected chi connectivity index (χ3v) is 6.88. The van der Waals surface area contributed by atoms with Crippen molar-refractivity contribution in [2.24, 2.45) is 0 Å². The van der Waals surface area contributed by atoms with Gasteiger partial charge in [0.25, 0.3) is 5.91 Å². The van der Waals surface area contributed by atoms with Crippen molar-refractivity contribution in [1.82, 2.24) is 10.2 Å². The minimum Gasteiger partial charge on any atom is -0.451 e. The Morgan fingerprint density at radius 3 is 2.42 bits per heavy atom. The van der Waals surface area contributed by atoms with Gasteiger partial charge in [0.15, 0.2) is 10.9 Å². The molecule has 2 aromatic carbocycles. The fourth-order valence-electron chi connectivity index (χ4n) is 3.97. The van der Waals surface area contributed by atoms with Gasteiger partial charge in [-0.15, -0.1) is 0 Å². The highest BCUT2D eigenvalue weighted by Gasteiger charge is 2.21. The number of halogens is 2. The molecule has 0 unspecified atom stereocenters. The van der Waals surface area contributed by atoms with Crippen molar-refractivity contribution in [3.05, 3.63) is 70.4 Å². The molecule has 4 rings (SSSR count). The first-order valence-electron chi connectivity index (χ1n) is 11.6. The van der Waals surface area contributed by atoms with E-state index in [0.29, 0.717) is 27.8 Å². The van der Waals surface area contributed by atoms with Crippen LogP contribution in [-0.4, -0.2) is 48.0 Å². The van der Waals surface area contributed by atoms with Gasteiger partial charge in [0.05, 0.1) is 10.0 Å². The summed E-state index contributed by atoms with van der Waals surface area (Å²) in [4.78, 5) is 28.9.